The van der Waals surface area contributed by atoms with Crippen molar-refractivity contribution in [3.63, 3.8) is 0 Å². The van der Waals surface area contributed by atoms with Gasteiger partial charge in [0.2, 0.25) is 5.91 Å². The summed E-state index contributed by atoms with van der Waals surface area (Å²) < 4.78 is 0. The van der Waals surface area contributed by atoms with Crippen LogP contribution in [-0.2, 0) is 11.2 Å². The Kier molecular flexibility index (Phi) is 2.62. The molecule has 0 aliphatic carbocycles. The van der Waals surface area contributed by atoms with Gasteiger partial charge in [0, 0.05) is 31.9 Å². The van der Waals surface area contributed by atoms with Crippen molar-refractivity contribution in [3.8, 4) is 0 Å². The Morgan fingerprint density at radius 1 is 1.47 bits per heavy atom. The number of rotatable bonds is 1. The fourth-order valence-electron chi connectivity index (χ4n) is 2.06. The van der Waals surface area contributed by atoms with Crippen LogP contribution in [0.25, 0.3) is 0 Å². The van der Waals surface area contributed by atoms with E-state index in [9.17, 15) is 4.79 Å². The van der Waals surface area contributed by atoms with Gasteiger partial charge in [0.05, 0.1) is 0 Å². The van der Waals surface area contributed by atoms with Crippen LogP contribution < -0.4 is 10.2 Å². The number of nitrogens with zero attached hydrogens (tertiary/aromatic N) is 1. The summed E-state index contributed by atoms with van der Waals surface area (Å²) in [5.74, 6) is 0.129. The van der Waals surface area contributed by atoms with E-state index in [0.717, 1.165) is 30.8 Å². The van der Waals surface area contributed by atoms with E-state index in [0.29, 0.717) is 0 Å². The van der Waals surface area contributed by atoms with E-state index in [1.54, 1.807) is 6.92 Å². The summed E-state index contributed by atoms with van der Waals surface area (Å²) in [6.45, 7) is 2.47. The van der Waals surface area contributed by atoms with Gasteiger partial charge in [-0.3, -0.25) is 4.79 Å². The second-order valence-electron chi connectivity index (χ2n) is 3.87. The minimum atomic E-state index is 0.129. The average Bonchev–Trinajstić information content (AvgIpc) is 2.27. The molecule has 0 aromatic heterocycles. The molecule has 3 heteroatoms. The lowest BCUT2D eigenvalue weighted by Gasteiger charge is -2.29. The molecule has 0 saturated carbocycles. The molecule has 1 aromatic rings. The molecule has 0 radical (unpaired) electrons. The number of anilines is 2. The van der Waals surface area contributed by atoms with E-state index < -0.39 is 0 Å². The number of carbonyl (C=O) groups excluding carboxylic acids is 1. The average molecular weight is 204 g/mol. The summed E-state index contributed by atoms with van der Waals surface area (Å²) >= 11 is 0. The lowest BCUT2D eigenvalue weighted by atomic mass is 10.0. The van der Waals surface area contributed by atoms with Gasteiger partial charge < -0.3 is 10.2 Å². The van der Waals surface area contributed by atoms with E-state index in [1.807, 2.05) is 11.9 Å². The number of hydrogen-bond donors (Lipinski definition) is 1. The van der Waals surface area contributed by atoms with Crippen molar-refractivity contribution >= 4 is 17.3 Å². The van der Waals surface area contributed by atoms with Crippen LogP contribution in [0.1, 0.15) is 18.9 Å². The molecule has 1 aromatic carbocycles. The largest absolute Gasteiger partial charge is 0.388 e. The molecular formula is C12H16N2O. The standard InChI is InChI=1S/C12H16N2O/c1-9(15)14-7-3-4-10-5-6-11(13-2)8-12(10)14/h5-6,8,13H,3-4,7H2,1-2H3. The maximum absolute atomic E-state index is 11.5. The fourth-order valence-corrected chi connectivity index (χ4v) is 2.06. The van der Waals surface area contributed by atoms with Crippen molar-refractivity contribution < 1.29 is 4.79 Å². The van der Waals surface area contributed by atoms with Crippen molar-refractivity contribution in [1.82, 2.24) is 0 Å². The van der Waals surface area contributed by atoms with Crippen molar-refractivity contribution in [1.29, 1.82) is 0 Å². The maximum atomic E-state index is 11.5. The Balaban J connectivity index is 2.43. The number of amides is 1. The van der Waals surface area contributed by atoms with Crippen LogP contribution in [0.3, 0.4) is 0 Å². The number of benzene rings is 1. The molecule has 2 rings (SSSR count). The monoisotopic (exact) mass is 204 g/mol. The van der Waals surface area contributed by atoms with Gasteiger partial charge in [-0.15, -0.1) is 0 Å². The molecule has 15 heavy (non-hydrogen) atoms. The summed E-state index contributed by atoms with van der Waals surface area (Å²) in [5.41, 5.74) is 3.40. The topological polar surface area (TPSA) is 32.3 Å². The van der Waals surface area contributed by atoms with E-state index in [4.69, 9.17) is 0 Å². The summed E-state index contributed by atoms with van der Waals surface area (Å²) in [4.78, 5) is 13.3. The summed E-state index contributed by atoms with van der Waals surface area (Å²) in [6.07, 6.45) is 2.13. The molecule has 1 amide bonds. The minimum absolute atomic E-state index is 0.129. The van der Waals surface area contributed by atoms with E-state index in [1.165, 1.54) is 5.56 Å². The summed E-state index contributed by atoms with van der Waals surface area (Å²) in [5, 5.41) is 3.10. The zero-order chi connectivity index (χ0) is 10.8. The number of hydrogen-bond acceptors (Lipinski definition) is 2. The highest BCUT2D eigenvalue weighted by Crippen LogP contribution is 2.29. The fraction of sp³-hybridized carbons (Fsp3) is 0.417. The van der Waals surface area contributed by atoms with Crippen LogP contribution in [0, 0.1) is 0 Å². The van der Waals surface area contributed by atoms with Gasteiger partial charge >= 0.3 is 0 Å². The quantitative estimate of drug-likeness (QED) is 0.759. The second-order valence-corrected chi connectivity index (χ2v) is 3.87. The van der Waals surface area contributed by atoms with Crippen LogP contribution in [0.5, 0.6) is 0 Å². The minimum Gasteiger partial charge on any atom is -0.388 e. The van der Waals surface area contributed by atoms with Crippen LogP contribution in [0.15, 0.2) is 18.2 Å². The zero-order valence-corrected chi connectivity index (χ0v) is 9.21. The Morgan fingerprint density at radius 3 is 2.93 bits per heavy atom. The molecule has 0 atom stereocenters. The van der Waals surface area contributed by atoms with E-state index in [-0.39, 0.29) is 5.91 Å². The molecule has 1 N–H and O–H groups in total. The highest BCUT2D eigenvalue weighted by atomic mass is 16.2. The molecule has 0 spiro atoms. The molecule has 0 bridgehead atoms. The van der Waals surface area contributed by atoms with E-state index in [2.05, 4.69) is 23.5 Å². The van der Waals surface area contributed by atoms with Crippen LogP contribution >= 0.6 is 0 Å². The first-order chi connectivity index (χ1) is 7.22. The molecule has 1 aliphatic heterocycles. The highest BCUT2D eigenvalue weighted by Gasteiger charge is 2.19. The van der Waals surface area contributed by atoms with Gasteiger partial charge in [0.25, 0.3) is 0 Å². The molecule has 3 nitrogen and oxygen atoms in total. The van der Waals surface area contributed by atoms with Crippen molar-refractivity contribution in [2.75, 3.05) is 23.8 Å². The zero-order valence-electron chi connectivity index (χ0n) is 9.21. The lowest BCUT2D eigenvalue weighted by Crippen LogP contribution is -2.33. The Hall–Kier alpha value is -1.51. The Morgan fingerprint density at radius 2 is 2.27 bits per heavy atom. The highest BCUT2D eigenvalue weighted by molar-refractivity contribution is 5.93. The van der Waals surface area contributed by atoms with Crippen LogP contribution in [-0.4, -0.2) is 19.5 Å². The smallest absolute Gasteiger partial charge is 0.223 e. The summed E-state index contributed by atoms with van der Waals surface area (Å²) in [7, 11) is 1.89. The number of fused-ring (bicyclic) bond motifs is 1. The predicted molar refractivity (Wildman–Crippen MR) is 62.3 cm³/mol. The van der Waals surface area contributed by atoms with Gasteiger partial charge in [-0.25, -0.2) is 0 Å². The van der Waals surface area contributed by atoms with Gasteiger partial charge in [0.1, 0.15) is 0 Å². The maximum Gasteiger partial charge on any atom is 0.223 e. The van der Waals surface area contributed by atoms with Crippen LogP contribution in [0.2, 0.25) is 0 Å². The molecule has 1 heterocycles. The predicted octanol–water partition coefficient (Wildman–Crippen LogP) is 2.03. The number of aryl methyl sites for hydroxylation is 1. The summed E-state index contributed by atoms with van der Waals surface area (Å²) in [6, 6.07) is 6.22. The molecule has 0 fully saturated rings. The van der Waals surface area contributed by atoms with Crippen LogP contribution in [0.4, 0.5) is 11.4 Å². The molecule has 0 saturated heterocycles. The number of carbonyl (C=O) groups is 1. The van der Waals surface area contributed by atoms with Gasteiger partial charge in [-0.2, -0.15) is 0 Å². The van der Waals surface area contributed by atoms with E-state index >= 15 is 0 Å². The molecule has 1 aliphatic rings. The third-order valence-electron chi connectivity index (χ3n) is 2.87. The van der Waals surface area contributed by atoms with Gasteiger partial charge in [-0.05, 0) is 30.5 Å². The lowest BCUT2D eigenvalue weighted by molar-refractivity contribution is -0.116. The first-order valence-corrected chi connectivity index (χ1v) is 5.31. The van der Waals surface area contributed by atoms with Crippen molar-refractivity contribution in [3.05, 3.63) is 23.8 Å². The SMILES string of the molecule is CNc1ccc2c(c1)N(C(C)=O)CCC2. The normalized spacial score (nSPS) is 14.7. The second kappa shape index (κ2) is 3.93. The molecular weight excluding hydrogens is 188 g/mol. The molecule has 0 unspecified atom stereocenters. The Bertz CT molecular complexity index is 387. The van der Waals surface area contributed by atoms with Crippen molar-refractivity contribution in [2.45, 2.75) is 19.8 Å². The third-order valence-corrected chi connectivity index (χ3v) is 2.87. The number of nitrogens with one attached hydrogen (secondary N) is 1. The van der Waals surface area contributed by atoms with Crippen molar-refractivity contribution in [2.24, 2.45) is 0 Å². The van der Waals surface area contributed by atoms with Gasteiger partial charge in [-0.1, -0.05) is 6.07 Å². The van der Waals surface area contributed by atoms with Gasteiger partial charge in [0.15, 0.2) is 0 Å². The Labute approximate surface area is 90.1 Å². The first-order valence-electron chi connectivity index (χ1n) is 5.31. The third kappa shape index (κ3) is 1.82. The first kappa shape index (κ1) is 10.0. The molecule has 80 valence electrons.